The highest BCUT2D eigenvalue weighted by Crippen LogP contribution is 2.38. The molecule has 0 unspecified atom stereocenters. The van der Waals surface area contributed by atoms with Crippen LogP contribution in [0.5, 0.6) is 0 Å². The van der Waals surface area contributed by atoms with E-state index in [1.807, 2.05) is 31.9 Å². The number of aliphatic imine (C=N–C) groups is 1. The summed E-state index contributed by atoms with van der Waals surface area (Å²) in [6.07, 6.45) is 15.3. The number of rotatable bonds is 4. The lowest BCUT2D eigenvalue weighted by atomic mass is 9.83. The fourth-order valence-corrected chi connectivity index (χ4v) is 5.99. The Labute approximate surface area is 208 Å². The fraction of sp³-hybridized carbons (Fsp3) is 0.586. The van der Waals surface area contributed by atoms with Gasteiger partial charge in [-0.05, 0) is 107 Å². The molecule has 1 saturated heterocycles. The molecule has 5 rings (SSSR count). The molecule has 0 radical (unpaired) electrons. The van der Waals surface area contributed by atoms with Gasteiger partial charge < -0.3 is 9.64 Å². The Balaban J connectivity index is 1.22. The molecule has 0 N–H and O–H groups in total. The highest BCUT2D eigenvalue weighted by atomic mass is 19.1. The van der Waals surface area contributed by atoms with Gasteiger partial charge in [0.05, 0.1) is 5.71 Å². The van der Waals surface area contributed by atoms with Gasteiger partial charge in [0.25, 0.3) is 0 Å². The SMILES string of the molecule is CC(C)(C)OC(=O)N1CCC2=CCCCC2=C1CCN1CCC(C2=CN=C3CC=C(F)C=C23)CC1. The van der Waals surface area contributed by atoms with E-state index in [2.05, 4.69) is 16.0 Å². The first-order valence-corrected chi connectivity index (χ1v) is 13.3. The summed E-state index contributed by atoms with van der Waals surface area (Å²) in [5.74, 6) is 0.296. The van der Waals surface area contributed by atoms with Crippen molar-refractivity contribution < 1.29 is 13.9 Å². The first-order chi connectivity index (χ1) is 16.8. The molecule has 6 heteroatoms. The first-order valence-electron chi connectivity index (χ1n) is 13.3. The summed E-state index contributed by atoms with van der Waals surface area (Å²) in [5.41, 5.74) is 6.73. The lowest BCUT2D eigenvalue weighted by Crippen LogP contribution is -2.41. The zero-order valence-corrected chi connectivity index (χ0v) is 21.4. The molecule has 0 aromatic carbocycles. The van der Waals surface area contributed by atoms with Crippen LogP contribution in [0.3, 0.4) is 0 Å². The van der Waals surface area contributed by atoms with Crippen molar-refractivity contribution in [2.45, 2.75) is 77.7 Å². The van der Waals surface area contributed by atoms with Gasteiger partial charge in [0, 0.05) is 43.4 Å². The Bertz CT molecular complexity index is 1060. The van der Waals surface area contributed by atoms with Crippen LogP contribution in [-0.2, 0) is 4.74 Å². The molecule has 3 heterocycles. The third kappa shape index (κ3) is 5.37. The number of fused-ring (bicyclic) bond motifs is 2. The number of carbonyl (C=O) groups excluding carboxylic acids is 1. The predicted molar refractivity (Wildman–Crippen MR) is 138 cm³/mol. The minimum atomic E-state index is -0.498. The zero-order chi connectivity index (χ0) is 24.6. The third-order valence-electron chi connectivity index (χ3n) is 7.75. The van der Waals surface area contributed by atoms with E-state index in [-0.39, 0.29) is 11.9 Å². The normalized spacial score (nSPS) is 23.7. The topological polar surface area (TPSA) is 45.1 Å². The van der Waals surface area contributed by atoms with Crippen molar-refractivity contribution in [3.05, 3.63) is 58.2 Å². The average molecular weight is 480 g/mol. The molecule has 5 nitrogen and oxygen atoms in total. The van der Waals surface area contributed by atoms with Gasteiger partial charge in [0.1, 0.15) is 11.4 Å². The number of allylic oxidation sites excluding steroid dienone is 7. The maximum Gasteiger partial charge on any atom is 0.414 e. The average Bonchev–Trinajstić information content (AvgIpc) is 3.24. The molecule has 3 aliphatic heterocycles. The van der Waals surface area contributed by atoms with Crippen LogP contribution in [-0.4, -0.2) is 53.4 Å². The molecule has 188 valence electrons. The van der Waals surface area contributed by atoms with Crippen LogP contribution in [0.25, 0.3) is 0 Å². The highest BCUT2D eigenvalue weighted by molar-refractivity contribution is 6.08. The van der Waals surface area contributed by atoms with E-state index in [1.54, 1.807) is 12.2 Å². The van der Waals surface area contributed by atoms with E-state index in [0.717, 1.165) is 75.9 Å². The second-order valence-electron chi connectivity index (χ2n) is 11.3. The van der Waals surface area contributed by atoms with Crippen molar-refractivity contribution in [3.8, 4) is 0 Å². The Hall–Kier alpha value is -2.47. The van der Waals surface area contributed by atoms with Gasteiger partial charge in [-0.3, -0.25) is 9.89 Å². The molecule has 0 aromatic rings. The van der Waals surface area contributed by atoms with Gasteiger partial charge in [-0.1, -0.05) is 6.08 Å². The zero-order valence-electron chi connectivity index (χ0n) is 21.4. The predicted octanol–water partition coefficient (Wildman–Crippen LogP) is 6.62. The Morgan fingerprint density at radius 2 is 1.97 bits per heavy atom. The Morgan fingerprint density at radius 1 is 1.17 bits per heavy atom. The van der Waals surface area contributed by atoms with E-state index >= 15 is 0 Å². The summed E-state index contributed by atoms with van der Waals surface area (Å²) in [6.45, 7) is 9.47. The standard InChI is InChI=1S/C29H38FN3O2/c1-29(2,3)35-28(34)33-17-12-20-6-4-5-7-23(20)27(33)13-16-32-14-10-21(11-15-32)25-19-31-26-9-8-22(30)18-24(25)26/h6,8,18-19,21H,4-5,7,9-17H2,1-3H3. The molecule has 0 saturated carbocycles. The number of likely N-dealkylation sites (tertiary alicyclic amines) is 1. The van der Waals surface area contributed by atoms with Crippen LogP contribution in [0.1, 0.15) is 72.1 Å². The van der Waals surface area contributed by atoms with Crippen LogP contribution in [0.4, 0.5) is 9.18 Å². The molecule has 5 aliphatic rings. The molecule has 35 heavy (non-hydrogen) atoms. The first kappa shape index (κ1) is 24.2. The molecule has 1 fully saturated rings. The lowest BCUT2D eigenvalue weighted by Gasteiger charge is -2.38. The van der Waals surface area contributed by atoms with Gasteiger partial charge in [-0.15, -0.1) is 0 Å². The number of carbonyl (C=O) groups is 1. The summed E-state index contributed by atoms with van der Waals surface area (Å²) in [5, 5.41) is 0. The number of hydrogen-bond acceptors (Lipinski definition) is 4. The van der Waals surface area contributed by atoms with Crippen LogP contribution >= 0.6 is 0 Å². The van der Waals surface area contributed by atoms with E-state index in [9.17, 15) is 9.18 Å². The van der Waals surface area contributed by atoms with Gasteiger partial charge in [0.2, 0.25) is 0 Å². The van der Waals surface area contributed by atoms with E-state index < -0.39 is 5.60 Å². The van der Waals surface area contributed by atoms with Gasteiger partial charge in [0.15, 0.2) is 0 Å². The monoisotopic (exact) mass is 479 g/mol. The summed E-state index contributed by atoms with van der Waals surface area (Å²) >= 11 is 0. The van der Waals surface area contributed by atoms with Crippen molar-refractivity contribution in [3.63, 3.8) is 0 Å². The lowest BCUT2D eigenvalue weighted by molar-refractivity contribution is 0.0296. The molecule has 0 bridgehead atoms. The Kier molecular flexibility index (Phi) is 6.84. The van der Waals surface area contributed by atoms with E-state index in [1.165, 1.54) is 22.4 Å². The smallest absolute Gasteiger partial charge is 0.414 e. The molecule has 0 spiro atoms. The second kappa shape index (κ2) is 9.88. The fourth-order valence-electron chi connectivity index (χ4n) is 5.99. The number of hydrogen-bond donors (Lipinski definition) is 0. The van der Waals surface area contributed by atoms with Crippen LogP contribution in [0, 0.1) is 5.92 Å². The molecule has 1 amide bonds. The number of nitrogens with zero attached hydrogens (tertiary/aromatic N) is 3. The Morgan fingerprint density at radius 3 is 2.74 bits per heavy atom. The van der Waals surface area contributed by atoms with E-state index in [0.29, 0.717) is 18.9 Å². The van der Waals surface area contributed by atoms with Crippen LogP contribution < -0.4 is 0 Å². The molecular weight excluding hydrogens is 441 g/mol. The minimum Gasteiger partial charge on any atom is -0.443 e. The van der Waals surface area contributed by atoms with Gasteiger partial charge >= 0.3 is 6.09 Å². The van der Waals surface area contributed by atoms with Gasteiger partial charge in [-0.25, -0.2) is 9.18 Å². The molecule has 2 aliphatic carbocycles. The van der Waals surface area contributed by atoms with Crippen molar-refractivity contribution >= 4 is 11.8 Å². The number of piperidine rings is 1. The maximum atomic E-state index is 13.8. The summed E-state index contributed by atoms with van der Waals surface area (Å²) in [7, 11) is 0. The molecule has 0 atom stereocenters. The minimum absolute atomic E-state index is 0.142. The van der Waals surface area contributed by atoms with Crippen molar-refractivity contribution in [1.82, 2.24) is 9.80 Å². The summed E-state index contributed by atoms with van der Waals surface area (Å²) in [4.78, 5) is 22.0. The van der Waals surface area contributed by atoms with Crippen molar-refractivity contribution in [2.24, 2.45) is 10.9 Å². The van der Waals surface area contributed by atoms with E-state index in [4.69, 9.17) is 4.74 Å². The molecule has 0 aromatic heterocycles. The largest absolute Gasteiger partial charge is 0.443 e. The van der Waals surface area contributed by atoms with Gasteiger partial charge in [-0.2, -0.15) is 0 Å². The summed E-state index contributed by atoms with van der Waals surface area (Å²) < 4.78 is 19.6. The maximum absolute atomic E-state index is 13.8. The highest BCUT2D eigenvalue weighted by Gasteiger charge is 2.33. The number of halogens is 1. The quantitative estimate of drug-likeness (QED) is 0.455. The van der Waals surface area contributed by atoms with Crippen LogP contribution in [0.15, 0.2) is 63.2 Å². The van der Waals surface area contributed by atoms with Crippen LogP contribution in [0.2, 0.25) is 0 Å². The van der Waals surface area contributed by atoms with Crippen molar-refractivity contribution in [1.29, 1.82) is 0 Å². The summed E-state index contributed by atoms with van der Waals surface area (Å²) in [6, 6.07) is 0. The second-order valence-corrected chi connectivity index (χ2v) is 11.3. The number of amides is 1. The number of ether oxygens (including phenoxy) is 1. The molecular formula is C29H38FN3O2. The third-order valence-corrected chi connectivity index (χ3v) is 7.75. The van der Waals surface area contributed by atoms with Crippen molar-refractivity contribution in [2.75, 3.05) is 26.2 Å².